The molecular weight excluding hydrogens is 260 g/mol. The van der Waals surface area contributed by atoms with Crippen LogP contribution in [-0.4, -0.2) is 15.9 Å². The quantitative estimate of drug-likeness (QED) is 0.454. The predicted octanol–water partition coefficient (Wildman–Crippen LogP) is 3.06. The van der Waals surface area contributed by atoms with E-state index in [1.54, 1.807) is 0 Å². The summed E-state index contributed by atoms with van der Waals surface area (Å²) in [5.41, 5.74) is 7.52. The normalized spacial score (nSPS) is 15.5. The summed E-state index contributed by atoms with van der Waals surface area (Å²) in [6.45, 7) is 0. The second-order valence-electron chi connectivity index (χ2n) is 4.48. The SMILES string of the molecule is Nc1nc(Nc2ccccc2)sc1/C(=N\O)C1CC1. The third-order valence-corrected chi connectivity index (χ3v) is 3.99. The Kier molecular flexibility index (Phi) is 3.08. The van der Waals surface area contributed by atoms with E-state index >= 15 is 0 Å². The molecule has 1 aliphatic carbocycles. The van der Waals surface area contributed by atoms with Gasteiger partial charge in [-0.15, -0.1) is 0 Å². The summed E-state index contributed by atoms with van der Waals surface area (Å²) >= 11 is 1.42. The minimum Gasteiger partial charge on any atom is -0.411 e. The van der Waals surface area contributed by atoms with Crippen molar-refractivity contribution in [2.75, 3.05) is 11.1 Å². The number of anilines is 3. The van der Waals surface area contributed by atoms with Crippen molar-refractivity contribution in [2.45, 2.75) is 12.8 Å². The Labute approximate surface area is 114 Å². The van der Waals surface area contributed by atoms with Crippen molar-refractivity contribution in [2.24, 2.45) is 11.1 Å². The van der Waals surface area contributed by atoms with Crippen LogP contribution in [0.3, 0.4) is 0 Å². The van der Waals surface area contributed by atoms with E-state index in [0.29, 0.717) is 22.6 Å². The van der Waals surface area contributed by atoms with Crippen molar-refractivity contribution < 1.29 is 5.21 Å². The van der Waals surface area contributed by atoms with Crippen LogP contribution in [0.4, 0.5) is 16.6 Å². The smallest absolute Gasteiger partial charge is 0.189 e. The number of rotatable bonds is 4. The van der Waals surface area contributed by atoms with Gasteiger partial charge < -0.3 is 16.3 Å². The minimum atomic E-state index is 0.331. The van der Waals surface area contributed by atoms with E-state index in [0.717, 1.165) is 23.4 Å². The number of benzene rings is 1. The molecular formula is C13H14N4OS. The summed E-state index contributed by atoms with van der Waals surface area (Å²) in [6.07, 6.45) is 2.11. The fraction of sp³-hybridized carbons (Fsp3) is 0.231. The van der Waals surface area contributed by atoms with E-state index < -0.39 is 0 Å². The molecule has 0 aliphatic heterocycles. The molecule has 0 radical (unpaired) electrons. The second-order valence-corrected chi connectivity index (χ2v) is 5.48. The molecule has 1 aliphatic rings. The molecule has 2 aromatic rings. The molecule has 1 fully saturated rings. The fourth-order valence-corrected chi connectivity index (χ4v) is 2.85. The van der Waals surface area contributed by atoms with Gasteiger partial charge in [-0.2, -0.15) is 0 Å². The molecule has 1 aromatic carbocycles. The maximum Gasteiger partial charge on any atom is 0.189 e. The Hall–Kier alpha value is -2.08. The zero-order valence-electron chi connectivity index (χ0n) is 10.2. The van der Waals surface area contributed by atoms with Gasteiger partial charge in [-0.1, -0.05) is 34.7 Å². The van der Waals surface area contributed by atoms with Crippen LogP contribution in [0.25, 0.3) is 0 Å². The first kappa shape index (κ1) is 12.0. The number of hydrogen-bond acceptors (Lipinski definition) is 6. The molecule has 98 valence electrons. The molecule has 0 saturated heterocycles. The molecule has 6 heteroatoms. The Morgan fingerprint density at radius 1 is 1.37 bits per heavy atom. The summed E-state index contributed by atoms with van der Waals surface area (Å²) in [5, 5.41) is 16.4. The van der Waals surface area contributed by atoms with Gasteiger partial charge in [-0.3, -0.25) is 0 Å². The van der Waals surface area contributed by atoms with Crippen molar-refractivity contribution in [1.29, 1.82) is 0 Å². The largest absolute Gasteiger partial charge is 0.411 e. The molecule has 1 aromatic heterocycles. The van der Waals surface area contributed by atoms with Gasteiger partial charge in [-0.05, 0) is 25.0 Å². The highest BCUT2D eigenvalue weighted by molar-refractivity contribution is 7.18. The lowest BCUT2D eigenvalue weighted by molar-refractivity contribution is 0.317. The summed E-state index contributed by atoms with van der Waals surface area (Å²) in [6, 6.07) is 9.77. The molecule has 3 rings (SSSR count). The van der Waals surface area contributed by atoms with Gasteiger partial charge in [0.2, 0.25) is 0 Å². The molecule has 0 spiro atoms. The van der Waals surface area contributed by atoms with Gasteiger partial charge in [0.05, 0.1) is 4.88 Å². The van der Waals surface area contributed by atoms with Crippen molar-refractivity contribution in [3.8, 4) is 0 Å². The zero-order valence-corrected chi connectivity index (χ0v) is 11.0. The number of nitrogen functional groups attached to an aromatic ring is 1. The second kappa shape index (κ2) is 4.89. The highest BCUT2D eigenvalue weighted by Gasteiger charge is 2.32. The molecule has 4 N–H and O–H groups in total. The Balaban J connectivity index is 1.85. The van der Waals surface area contributed by atoms with Crippen LogP contribution in [0.15, 0.2) is 35.5 Å². The van der Waals surface area contributed by atoms with E-state index in [-0.39, 0.29) is 0 Å². The van der Waals surface area contributed by atoms with E-state index in [9.17, 15) is 0 Å². The lowest BCUT2D eigenvalue weighted by Crippen LogP contribution is -2.04. The fourth-order valence-electron chi connectivity index (χ4n) is 1.88. The number of nitrogens with one attached hydrogen (secondary N) is 1. The predicted molar refractivity (Wildman–Crippen MR) is 77.3 cm³/mol. The highest BCUT2D eigenvalue weighted by Crippen LogP contribution is 2.38. The Morgan fingerprint density at radius 2 is 2.11 bits per heavy atom. The topological polar surface area (TPSA) is 83.5 Å². The first-order valence-corrected chi connectivity index (χ1v) is 6.90. The van der Waals surface area contributed by atoms with E-state index in [1.807, 2.05) is 30.3 Å². The third kappa shape index (κ3) is 2.53. The summed E-state index contributed by atoms with van der Waals surface area (Å²) in [7, 11) is 0. The Bertz CT molecular complexity index is 604. The van der Waals surface area contributed by atoms with Crippen molar-refractivity contribution >= 4 is 33.7 Å². The monoisotopic (exact) mass is 274 g/mol. The molecule has 0 bridgehead atoms. The van der Waals surface area contributed by atoms with E-state index in [1.165, 1.54) is 11.3 Å². The van der Waals surface area contributed by atoms with Crippen LogP contribution in [0, 0.1) is 5.92 Å². The molecule has 1 heterocycles. The molecule has 1 saturated carbocycles. The molecule has 0 amide bonds. The highest BCUT2D eigenvalue weighted by atomic mass is 32.1. The molecule has 0 unspecified atom stereocenters. The molecule has 19 heavy (non-hydrogen) atoms. The Morgan fingerprint density at radius 3 is 2.74 bits per heavy atom. The molecule has 0 atom stereocenters. The van der Waals surface area contributed by atoms with Gasteiger partial charge in [0.25, 0.3) is 0 Å². The minimum absolute atomic E-state index is 0.331. The first-order valence-electron chi connectivity index (χ1n) is 6.08. The number of oxime groups is 1. The van der Waals surface area contributed by atoms with Crippen LogP contribution in [0.1, 0.15) is 17.7 Å². The number of aromatic nitrogens is 1. The van der Waals surface area contributed by atoms with Gasteiger partial charge in [0.1, 0.15) is 11.5 Å². The van der Waals surface area contributed by atoms with Crippen molar-refractivity contribution in [3.63, 3.8) is 0 Å². The lowest BCUT2D eigenvalue weighted by atomic mass is 10.2. The van der Waals surface area contributed by atoms with Gasteiger partial charge in [0, 0.05) is 11.6 Å². The zero-order chi connectivity index (χ0) is 13.2. The van der Waals surface area contributed by atoms with E-state index in [2.05, 4.69) is 15.5 Å². The third-order valence-electron chi connectivity index (χ3n) is 2.98. The van der Waals surface area contributed by atoms with Crippen LogP contribution < -0.4 is 11.1 Å². The number of nitrogens with two attached hydrogens (primary N) is 1. The number of para-hydroxylation sites is 1. The van der Waals surface area contributed by atoms with Crippen molar-refractivity contribution in [3.05, 3.63) is 35.2 Å². The maximum absolute atomic E-state index is 9.10. The molecule has 5 nitrogen and oxygen atoms in total. The van der Waals surface area contributed by atoms with Crippen LogP contribution in [-0.2, 0) is 0 Å². The maximum atomic E-state index is 9.10. The summed E-state index contributed by atoms with van der Waals surface area (Å²) in [4.78, 5) is 5.05. The van der Waals surface area contributed by atoms with Crippen LogP contribution in [0.2, 0.25) is 0 Å². The van der Waals surface area contributed by atoms with Gasteiger partial charge in [-0.25, -0.2) is 4.98 Å². The van der Waals surface area contributed by atoms with E-state index in [4.69, 9.17) is 10.9 Å². The van der Waals surface area contributed by atoms with Crippen LogP contribution in [0.5, 0.6) is 0 Å². The number of nitrogens with zero attached hydrogens (tertiary/aromatic N) is 2. The lowest BCUT2D eigenvalue weighted by Gasteiger charge is -2.00. The average molecular weight is 274 g/mol. The summed E-state index contributed by atoms with van der Waals surface area (Å²) in [5.74, 6) is 0.750. The number of thiazole rings is 1. The first-order chi connectivity index (χ1) is 9.28. The van der Waals surface area contributed by atoms with Gasteiger partial charge >= 0.3 is 0 Å². The van der Waals surface area contributed by atoms with Crippen molar-refractivity contribution in [1.82, 2.24) is 4.98 Å². The average Bonchev–Trinajstić information content (AvgIpc) is 3.18. The van der Waals surface area contributed by atoms with Crippen LogP contribution >= 0.6 is 11.3 Å². The van der Waals surface area contributed by atoms with Gasteiger partial charge in [0.15, 0.2) is 5.13 Å². The number of hydrogen-bond donors (Lipinski definition) is 3. The standard InChI is InChI=1S/C13H14N4OS/c14-12-11(10(17-18)8-6-7-8)19-13(16-12)15-9-4-2-1-3-5-9/h1-5,8,18H,6-7,14H2,(H,15,16)/b17-10-. The summed E-state index contributed by atoms with van der Waals surface area (Å²) < 4.78 is 0.